The second-order valence-corrected chi connectivity index (χ2v) is 6.18. The van der Waals surface area contributed by atoms with Crippen molar-refractivity contribution in [3.8, 4) is 5.75 Å². The molecule has 0 unspecified atom stereocenters. The summed E-state index contributed by atoms with van der Waals surface area (Å²) in [5, 5.41) is 3.14. The first-order valence-electron chi connectivity index (χ1n) is 7.80. The van der Waals surface area contributed by atoms with Crippen molar-refractivity contribution in [3.05, 3.63) is 58.6 Å². The number of halogens is 1. The first-order valence-corrected chi connectivity index (χ1v) is 8.18. The fourth-order valence-electron chi connectivity index (χ4n) is 2.25. The molecule has 0 radical (unpaired) electrons. The van der Waals surface area contributed by atoms with Gasteiger partial charge >= 0.3 is 5.97 Å². The number of hydrogen-bond acceptors (Lipinski definition) is 4. The van der Waals surface area contributed by atoms with Crippen molar-refractivity contribution in [1.82, 2.24) is 0 Å². The maximum Gasteiger partial charge on any atom is 0.344 e. The zero-order valence-electron chi connectivity index (χ0n) is 14.3. The first-order chi connectivity index (χ1) is 11.8. The molecule has 0 aliphatic carbocycles. The van der Waals surface area contributed by atoms with Gasteiger partial charge in [-0.2, -0.15) is 0 Å². The number of benzene rings is 2. The predicted octanol–water partition coefficient (Wildman–Crippen LogP) is 3.91. The van der Waals surface area contributed by atoms with Crippen LogP contribution in [0.4, 0.5) is 5.69 Å². The van der Waals surface area contributed by atoms with Crippen LogP contribution < -0.4 is 10.1 Å². The minimum atomic E-state index is -0.950. The number of aryl methyl sites for hydroxylation is 2. The van der Waals surface area contributed by atoms with E-state index in [-0.39, 0.29) is 6.61 Å². The minimum absolute atomic E-state index is 0.266. The SMILES string of the molecule is Cc1cc(C)cc(OCC(=O)O[C@@H](C)C(=O)Nc2cccc(Cl)c2)c1. The average molecular weight is 362 g/mol. The molecule has 0 heterocycles. The second kappa shape index (κ2) is 8.53. The lowest BCUT2D eigenvalue weighted by Crippen LogP contribution is -2.31. The van der Waals surface area contributed by atoms with Crippen LogP contribution in [0, 0.1) is 13.8 Å². The Morgan fingerprint density at radius 3 is 2.44 bits per heavy atom. The number of carbonyl (C=O) groups excluding carboxylic acids is 2. The Labute approximate surface area is 151 Å². The van der Waals surface area contributed by atoms with Crippen molar-refractivity contribution in [2.75, 3.05) is 11.9 Å². The third kappa shape index (κ3) is 6.12. The molecule has 0 aromatic heterocycles. The number of esters is 1. The van der Waals surface area contributed by atoms with Crippen LogP contribution in [0.5, 0.6) is 5.75 Å². The molecule has 2 aromatic rings. The van der Waals surface area contributed by atoms with Gasteiger partial charge in [0.2, 0.25) is 0 Å². The van der Waals surface area contributed by atoms with Gasteiger partial charge in [0.25, 0.3) is 5.91 Å². The van der Waals surface area contributed by atoms with Crippen LogP contribution in [0.25, 0.3) is 0 Å². The highest BCUT2D eigenvalue weighted by atomic mass is 35.5. The van der Waals surface area contributed by atoms with Gasteiger partial charge in [-0.15, -0.1) is 0 Å². The van der Waals surface area contributed by atoms with Crippen LogP contribution in [-0.2, 0) is 14.3 Å². The molecular formula is C19H20ClNO4. The maximum absolute atomic E-state index is 12.1. The topological polar surface area (TPSA) is 64.6 Å². The van der Waals surface area contributed by atoms with Crippen molar-refractivity contribution < 1.29 is 19.1 Å². The molecular weight excluding hydrogens is 342 g/mol. The van der Waals surface area contributed by atoms with Crippen LogP contribution in [0.2, 0.25) is 5.02 Å². The van der Waals surface area contributed by atoms with Crippen LogP contribution in [0.1, 0.15) is 18.1 Å². The minimum Gasteiger partial charge on any atom is -0.482 e. The molecule has 6 heteroatoms. The molecule has 1 atom stereocenters. The third-order valence-corrected chi connectivity index (χ3v) is 3.56. The molecule has 1 amide bonds. The van der Waals surface area contributed by atoms with Crippen LogP contribution in [0.15, 0.2) is 42.5 Å². The van der Waals surface area contributed by atoms with E-state index in [0.29, 0.717) is 16.5 Å². The lowest BCUT2D eigenvalue weighted by molar-refractivity contribution is -0.155. The van der Waals surface area contributed by atoms with E-state index in [1.165, 1.54) is 6.92 Å². The summed E-state index contributed by atoms with van der Waals surface area (Å²) in [6.07, 6.45) is -0.950. The van der Waals surface area contributed by atoms with Gasteiger partial charge in [0.1, 0.15) is 5.75 Å². The number of anilines is 1. The Balaban J connectivity index is 1.83. The van der Waals surface area contributed by atoms with Gasteiger partial charge in [0, 0.05) is 10.7 Å². The van der Waals surface area contributed by atoms with E-state index in [1.54, 1.807) is 24.3 Å². The third-order valence-electron chi connectivity index (χ3n) is 3.32. The quantitative estimate of drug-likeness (QED) is 0.792. The van der Waals surface area contributed by atoms with E-state index in [9.17, 15) is 9.59 Å². The summed E-state index contributed by atoms with van der Waals surface area (Å²) >= 11 is 5.86. The highest BCUT2D eigenvalue weighted by Crippen LogP contribution is 2.17. The standard InChI is InChI=1S/C19H20ClNO4/c1-12-7-13(2)9-17(8-12)24-11-18(22)25-14(3)19(23)21-16-6-4-5-15(20)10-16/h4-10,14H,11H2,1-3H3,(H,21,23)/t14-/m0/s1. The number of carbonyl (C=O) groups is 2. The number of rotatable bonds is 6. The Morgan fingerprint density at radius 1 is 1.12 bits per heavy atom. The fourth-order valence-corrected chi connectivity index (χ4v) is 2.44. The number of ether oxygens (including phenoxy) is 2. The van der Waals surface area contributed by atoms with Gasteiger partial charge in [-0.3, -0.25) is 4.79 Å². The van der Waals surface area contributed by atoms with Gasteiger partial charge < -0.3 is 14.8 Å². The summed E-state index contributed by atoms with van der Waals surface area (Å²) in [5.41, 5.74) is 2.61. The van der Waals surface area contributed by atoms with E-state index in [2.05, 4.69) is 5.32 Å². The Morgan fingerprint density at radius 2 is 1.80 bits per heavy atom. The summed E-state index contributed by atoms with van der Waals surface area (Å²) in [5.74, 6) is -0.472. The highest BCUT2D eigenvalue weighted by molar-refractivity contribution is 6.30. The number of amides is 1. The number of hydrogen-bond donors (Lipinski definition) is 1. The van der Waals surface area contributed by atoms with Crippen molar-refractivity contribution in [2.24, 2.45) is 0 Å². The molecule has 0 fully saturated rings. The summed E-state index contributed by atoms with van der Waals surface area (Å²) in [6.45, 7) is 5.12. The Hall–Kier alpha value is -2.53. The van der Waals surface area contributed by atoms with E-state index in [1.807, 2.05) is 32.0 Å². The summed E-state index contributed by atoms with van der Waals surface area (Å²) in [4.78, 5) is 23.9. The van der Waals surface area contributed by atoms with Gasteiger partial charge in [-0.25, -0.2) is 4.79 Å². The zero-order valence-corrected chi connectivity index (χ0v) is 15.1. The van der Waals surface area contributed by atoms with E-state index in [0.717, 1.165) is 11.1 Å². The normalized spacial score (nSPS) is 11.5. The van der Waals surface area contributed by atoms with Crippen LogP contribution >= 0.6 is 11.6 Å². The fraction of sp³-hybridized carbons (Fsp3) is 0.263. The first kappa shape index (κ1) is 18.8. The van der Waals surface area contributed by atoms with Gasteiger partial charge in [-0.05, 0) is 62.2 Å². The molecule has 0 saturated carbocycles. The number of nitrogens with one attached hydrogen (secondary N) is 1. The molecule has 5 nitrogen and oxygen atoms in total. The molecule has 0 bridgehead atoms. The Bertz CT molecular complexity index is 756. The summed E-state index contributed by atoms with van der Waals surface area (Å²) in [6, 6.07) is 12.4. The van der Waals surface area contributed by atoms with Crippen molar-refractivity contribution in [3.63, 3.8) is 0 Å². The van der Waals surface area contributed by atoms with Crippen molar-refractivity contribution >= 4 is 29.2 Å². The molecule has 25 heavy (non-hydrogen) atoms. The summed E-state index contributed by atoms with van der Waals surface area (Å²) < 4.78 is 10.5. The lowest BCUT2D eigenvalue weighted by Gasteiger charge is -2.14. The zero-order chi connectivity index (χ0) is 18.4. The molecule has 1 N–H and O–H groups in total. The van der Waals surface area contributed by atoms with E-state index < -0.39 is 18.0 Å². The molecule has 0 aliphatic rings. The van der Waals surface area contributed by atoms with Gasteiger partial charge in [-0.1, -0.05) is 23.7 Å². The average Bonchev–Trinajstić information content (AvgIpc) is 2.52. The monoisotopic (exact) mass is 361 g/mol. The molecule has 0 spiro atoms. The maximum atomic E-state index is 12.1. The predicted molar refractivity (Wildman–Crippen MR) is 97.0 cm³/mol. The van der Waals surface area contributed by atoms with Crippen molar-refractivity contribution in [2.45, 2.75) is 26.9 Å². The Kier molecular flexibility index (Phi) is 6.42. The summed E-state index contributed by atoms with van der Waals surface area (Å²) in [7, 11) is 0. The molecule has 0 saturated heterocycles. The molecule has 132 valence electrons. The van der Waals surface area contributed by atoms with Gasteiger partial charge in [0.15, 0.2) is 12.7 Å². The van der Waals surface area contributed by atoms with Crippen LogP contribution in [-0.4, -0.2) is 24.6 Å². The van der Waals surface area contributed by atoms with Gasteiger partial charge in [0.05, 0.1) is 0 Å². The van der Waals surface area contributed by atoms with E-state index >= 15 is 0 Å². The van der Waals surface area contributed by atoms with Crippen molar-refractivity contribution in [1.29, 1.82) is 0 Å². The largest absolute Gasteiger partial charge is 0.482 e. The lowest BCUT2D eigenvalue weighted by atomic mass is 10.1. The second-order valence-electron chi connectivity index (χ2n) is 5.74. The molecule has 2 rings (SSSR count). The van der Waals surface area contributed by atoms with E-state index in [4.69, 9.17) is 21.1 Å². The highest BCUT2D eigenvalue weighted by Gasteiger charge is 2.18. The smallest absolute Gasteiger partial charge is 0.344 e. The molecule has 2 aromatic carbocycles. The molecule has 0 aliphatic heterocycles. The van der Waals surface area contributed by atoms with Crippen LogP contribution in [0.3, 0.4) is 0 Å².